The van der Waals surface area contributed by atoms with Crippen LogP contribution < -0.4 is 4.74 Å². The number of rotatable bonds is 5. The number of methoxy groups -OCH3 is 1. The van der Waals surface area contributed by atoms with Gasteiger partial charge in [-0.15, -0.1) is 0 Å². The summed E-state index contributed by atoms with van der Waals surface area (Å²) in [6.07, 6.45) is 5.01. The number of nitrogens with zero attached hydrogens (tertiary/aromatic N) is 2. The molecule has 0 amide bonds. The molecule has 2 aromatic carbocycles. The van der Waals surface area contributed by atoms with Crippen LogP contribution in [0.5, 0.6) is 5.75 Å². The van der Waals surface area contributed by atoms with Crippen molar-refractivity contribution >= 4 is 5.71 Å². The van der Waals surface area contributed by atoms with Crippen molar-refractivity contribution in [2.45, 2.75) is 50.9 Å². The molecule has 3 nitrogen and oxygen atoms in total. The highest BCUT2D eigenvalue weighted by Gasteiger charge is 2.50. The SMILES string of the molecule is COc1ccc(CN=C2CC3CCC(C2)[N+]3(C)Cc2ccccc2)cc1. The van der Waals surface area contributed by atoms with E-state index in [1.165, 1.54) is 34.2 Å². The average Bonchev–Trinajstić information content (AvgIpc) is 2.85. The Kier molecular flexibility index (Phi) is 4.82. The lowest BCUT2D eigenvalue weighted by Gasteiger charge is -2.45. The maximum absolute atomic E-state index is 5.23. The fourth-order valence-electron chi connectivity index (χ4n) is 4.82. The first-order valence-corrected chi connectivity index (χ1v) is 9.71. The number of aliphatic imine (C=N–C) groups is 1. The lowest BCUT2D eigenvalue weighted by atomic mass is 9.96. The van der Waals surface area contributed by atoms with E-state index in [0.29, 0.717) is 0 Å². The zero-order valence-corrected chi connectivity index (χ0v) is 15.9. The Bertz CT molecular complexity index is 751. The molecule has 2 fully saturated rings. The maximum atomic E-state index is 5.23. The van der Waals surface area contributed by atoms with Crippen molar-refractivity contribution in [3.8, 4) is 5.75 Å². The van der Waals surface area contributed by atoms with E-state index in [9.17, 15) is 0 Å². The van der Waals surface area contributed by atoms with Gasteiger partial charge in [0.1, 0.15) is 12.3 Å². The molecule has 0 N–H and O–H groups in total. The molecule has 2 atom stereocenters. The molecule has 136 valence electrons. The number of fused-ring (bicyclic) bond motifs is 2. The molecule has 0 aliphatic carbocycles. The molecule has 2 bridgehead atoms. The van der Waals surface area contributed by atoms with Gasteiger partial charge in [0.25, 0.3) is 0 Å². The van der Waals surface area contributed by atoms with E-state index in [4.69, 9.17) is 9.73 Å². The third-order valence-corrected chi connectivity index (χ3v) is 6.45. The molecule has 0 spiro atoms. The van der Waals surface area contributed by atoms with Crippen molar-refractivity contribution in [3.63, 3.8) is 0 Å². The van der Waals surface area contributed by atoms with Crippen molar-refractivity contribution < 1.29 is 9.22 Å². The average molecular weight is 349 g/mol. The van der Waals surface area contributed by atoms with Crippen molar-refractivity contribution in [1.29, 1.82) is 0 Å². The van der Waals surface area contributed by atoms with E-state index in [1.54, 1.807) is 7.11 Å². The molecule has 2 aromatic rings. The zero-order chi connectivity index (χ0) is 18.0. The van der Waals surface area contributed by atoms with Crippen LogP contribution in [-0.4, -0.2) is 36.4 Å². The van der Waals surface area contributed by atoms with Crippen molar-refractivity contribution in [3.05, 3.63) is 65.7 Å². The third-order valence-electron chi connectivity index (χ3n) is 6.45. The normalized spacial score (nSPS) is 27.4. The fraction of sp³-hybridized carbons (Fsp3) is 0.435. The summed E-state index contributed by atoms with van der Waals surface area (Å²) in [5.74, 6) is 0.908. The van der Waals surface area contributed by atoms with Gasteiger partial charge in [-0.05, 0) is 17.7 Å². The van der Waals surface area contributed by atoms with E-state index >= 15 is 0 Å². The minimum Gasteiger partial charge on any atom is -0.497 e. The lowest BCUT2D eigenvalue weighted by Crippen LogP contribution is -2.57. The Balaban J connectivity index is 1.44. The Morgan fingerprint density at radius 3 is 2.19 bits per heavy atom. The van der Waals surface area contributed by atoms with E-state index < -0.39 is 0 Å². The monoisotopic (exact) mass is 349 g/mol. The van der Waals surface area contributed by atoms with Crippen LogP contribution in [0.3, 0.4) is 0 Å². The van der Waals surface area contributed by atoms with E-state index in [-0.39, 0.29) is 0 Å². The highest BCUT2D eigenvalue weighted by Crippen LogP contribution is 2.41. The smallest absolute Gasteiger partial charge is 0.118 e. The number of hydrogen-bond acceptors (Lipinski definition) is 2. The number of ether oxygens (including phenoxy) is 1. The number of quaternary nitrogens is 1. The summed E-state index contributed by atoms with van der Waals surface area (Å²) < 4.78 is 6.43. The lowest BCUT2D eigenvalue weighted by molar-refractivity contribution is -0.957. The third kappa shape index (κ3) is 3.41. The molecule has 0 saturated carbocycles. The van der Waals surface area contributed by atoms with Gasteiger partial charge >= 0.3 is 0 Å². The van der Waals surface area contributed by atoms with Gasteiger partial charge < -0.3 is 9.22 Å². The van der Waals surface area contributed by atoms with Gasteiger partial charge in [-0.1, -0.05) is 42.5 Å². The van der Waals surface area contributed by atoms with E-state index in [0.717, 1.165) is 43.8 Å². The fourth-order valence-corrected chi connectivity index (χ4v) is 4.82. The van der Waals surface area contributed by atoms with Crippen molar-refractivity contribution in [2.75, 3.05) is 14.2 Å². The molecular weight excluding hydrogens is 320 g/mol. The number of benzene rings is 2. The van der Waals surface area contributed by atoms with Gasteiger partial charge in [0.15, 0.2) is 0 Å². The number of piperidine rings is 1. The summed E-state index contributed by atoms with van der Waals surface area (Å²) in [5.41, 5.74) is 4.15. The molecule has 2 saturated heterocycles. The Hall–Kier alpha value is -2.13. The quantitative estimate of drug-likeness (QED) is 0.723. The van der Waals surface area contributed by atoms with Crippen molar-refractivity contribution in [1.82, 2.24) is 0 Å². The second kappa shape index (κ2) is 7.24. The topological polar surface area (TPSA) is 21.6 Å². The van der Waals surface area contributed by atoms with Crippen LogP contribution in [0, 0.1) is 0 Å². The van der Waals surface area contributed by atoms with Gasteiger partial charge in [-0.2, -0.15) is 0 Å². The van der Waals surface area contributed by atoms with Crippen LogP contribution in [0.4, 0.5) is 0 Å². The summed E-state index contributed by atoms with van der Waals surface area (Å²) in [6, 6.07) is 20.7. The van der Waals surface area contributed by atoms with Crippen molar-refractivity contribution in [2.24, 2.45) is 4.99 Å². The second-order valence-electron chi connectivity index (χ2n) is 8.01. The Labute approximate surface area is 156 Å². The molecule has 2 unspecified atom stereocenters. The first-order valence-electron chi connectivity index (χ1n) is 9.71. The summed E-state index contributed by atoms with van der Waals surface area (Å²) in [5, 5.41) is 0. The molecule has 2 aliphatic rings. The molecule has 0 aromatic heterocycles. The summed E-state index contributed by atoms with van der Waals surface area (Å²) in [4.78, 5) is 4.99. The Morgan fingerprint density at radius 1 is 0.923 bits per heavy atom. The molecule has 26 heavy (non-hydrogen) atoms. The maximum Gasteiger partial charge on any atom is 0.118 e. The predicted octanol–water partition coefficient (Wildman–Crippen LogP) is 4.61. The van der Waals surface area contributed by atoms with Gasteiger partial charge in [0.2, 0.25) is 0 Å². The van der Waals surface area contributed by atoms with Gasteiger partial charge in [-0.25, -0.2) is 0 Å². The minimum absolute atomic E-state index is 0.726. The summed E-state index contributed by atoms with van der Waals surface area (Å²) in [7, 11) is 4.17. The number of hydrogen-bond donors (Lipinski definition) is 0. The highest BCUT2D eigenvalue weighted by atomic mass is 16.5. The first kappa shape index (κ1) is 17.3. The van der Waals surface area contributed by atoms with Crippen LogP contribution in [0.25, 0.3) is 0 Å². The Morgan fingerprint density at radius 2 is 1.58 bits per heavy atom. The molecule has 4 rings (SSSR count). The van der Waals surface area contributed by atoms with Crippen LogP contribution in [-0.2, 0) is 13.1 Å². The largest absolute Gasteiger partial charge is 0.497 e. The molecule has 3 heteroatoms. The molecule has 2 heterocycles. The predicted molar refractivity (Wildman–Crippen MR) is 107 cm³/mol. The zero-order valence-electron chi connectivity index (χ0n) is 15.9. The molecule has 0 radical (unpaired) electrons. The van der Waals surface area contributed by atoms with Gasteiger partial charge in [0, 0.05) is 37.0 Å². The molecule has 2 aliphatic heterocycles. The summed E-state index contributed by atoms with van der Waals surface area (Å²) >= 11 is 0. The summed E-state index contributed by atoms with van der Waals surface area (Å²) in [6.45, 7) is 1.95. The van der Waals surface area contributed by atoms with E-state index in [2.05, 4.69) is 49.5 Å². The second-order valence-corrected chi connectivity index (χ2v) is 8.01. The van der Waals surface area contributed by atoms with Crippen LogP contribution in [0.1, 0.15) is 36.8 Å². The first-order chi connectivity index (χ1) is 12.7. The standard InChI is InChI=1S/C23H29N2O/c1-25(17-19-6-4-3-5-7-19)21-10-11-22(25)15-20(14-21)24-16-18-8-12-23(26-2)13-9-18/h3-9,12-13,21-22H,10-11,14-17H2,1-2H3/q+1. The van der Waals surface area contributed by atoms with Crippen LogP contribution >= 0.6 is 0 Å². The molecular formula is C23H29N2O+. The minimum atomic E-state index is 0.726. The van der Waals surface area contributed by atoms with Crippen LogP contribution in [0.15, 0.2) is 59.6 Å². The van der Waals surface area contributed by atoms with Gasteiger partial charge in [0.05, 0.1) is 32.8 Å². The van der Waals surface area contributed by atoms with Crippen LogP contribution in [0.2, 0.25) is 0 Å². The van der Waals surface area contributed by atoms with E-state index in [1.807, 2.05) is 12.1 Å². The van der Waals surface area contributed by atoms with Gasteiger partial charge in [-0.3, -0.25) is 4.99 Å². The highest BCUT2D eigenvalue weighted by molar-refractivity contribution is 5.86.